The van der Waals surface area contributed by atoms with Gasteiger partial charge < -0.3 is 16.0 Å². The monoisotopic (exact) mass is 461 g/mol. The van der Waals surface area contributed by atoms with Gasteiger partial charge in [0.05, 0.1) is 16.9 Å². The Kier molecular flexibility index (Phi) is 7.37. The molecule has 2 amide bonds. The van der Waals surface area contributed by atoms with E-state index in [9.17, 15) is 22.8 Å². The van der Waals surface area contributed by atoms with E-state index in [0.717, 1.165) is 12.1 Å². The number of alkyl halides is 1. The van der Waals surface area contributed by atoms with Crippen LogP contribution in [-0.4, -0.2) is 17.7 Å². The van der Waals surface area contributed by atoms with E-state index in [1.165, 1.54) is 12.1 Å². The summed E-state index contributed by atoms with van der Waals surface area (Å²) in [6, 6.07) is 12.8. The minimum absolute atomic E-state index is 0.0832. The molecule has 0 saturated carbocycles. The van der Waals surface area contributed by atoms with Crippen LogP contribution in [0.1, 0.15) is 21.5 Å². The molecule has 32 heavy (non-hydrogen) atoms. The lowest BCUT2D eigenvalue weighted by Crippen LogP contribution is -2.24. The van der Waals surface area contributed by atoms with Gasteiger partial charge in [-0.1, -0.05) is 18.2 Å². The van der Waals surface area contributed by atoms with Crippen molar-refractivity contribution in [2.75, 3.05) is 16.5 Å². The Balaban J connectivity index is 1.76. The molecule has 0 atom stereocenters. The fourth-order valence-electron chi connectivity index (χ4n) is 2.90. The number of carbonyl (C=O) groups excluding carboxylic acids is 2. The molecule has 5 nitrogen and oxygen atoms in total. The SMILES string of the molecule is Cc1ccc(Nc2c(C(=O)NCc3ccc(NC(=O)CCl)cc3)ccc(F)c2F)c(F)c1. The van der Waals surface area contributed by atoms with Gasteiger partial charge in [0.1, 0.15) is 11.7 Å². The van der Waals surface area contributed by atoms with Crippen LogP contribution in [0.4, 0.5) is 30.2 Å². The molecule has 0 aliphatic rings. The molecular weight excluding hydrogens is 443 g/mol. The Morgan fingerprint density at radius 2 is 1.66 bits per heavy atom. The topological polar surface area (TPSA) is 70.2 Å². The molecule has 0 aliphatic heterocycles. The second-order valence-electron chi connectivity index (χ2n) is 6.95. The van der Waals surface area contributed by atoms with E-state index >= 15 is 0 Å². The first kappa shape index (κ1) is 23.1. The number of halogens is 4. The normalized spacial score (nSPS) is 10.5. The van der Waals surface area contributed by atoms with Crippen molar-refractivity contribution >= 4 is 40.5 Å². The Morgan fingerprint density at radius 1 is 0.938 bits per heavy atom. The summed E-state index contributed by atoms with van der Waals surface area (Å²) in [7, 11) is 0. The van der Waals surface area contributed by atoms with Crippen molar-refractivity contribution < 1.29 is 22.8 Å². The van der Waals surface area contributed by atoms with Crippen LogP contribution in [0.2, 0.25) is 0 Å². The van der Waals surface area contributed by atoms with Crippen molar-refractivity contribution in [3.63, 3.8) is 0 Å². The lowest BCUT2D eigenvalue weighted by atomic mass is 10.1. The molecule has 166 valence electrons. The third kappa shape index (κ3) is 5.59. The Labute approximate surface area is 187 Å². The second kappa shape index (κ2) is 10.2. The number of benzene rings is 3. The van der Waals surface area contributed by atoms with E-state index in [1.54, 1.807) is 37.3 Å². The van der Waals surface area contributed by atoms with Crippen molar-refractivity contribution in [1.29, 1.82) is 0 Å². The molecule has 0 heterocycles. The van der Waals surface area contributed by atoms with Crippen molar-refractivity contribution in [1.82, 2.24) is 5.32 Å². The first-order valence-electron chi connectivity index (χ1n) is 9.52. The van der Waals surface area contributed by atoms with Crippen LogP contribution in [0.3, 0.4) is 0 Å². The number of rotatable bonds is 7. The molecule has 0 aromatic heterocycles. The van der Waals surface area contributed by atoms with Gasteiger partial charge in [-0.2, -0.15) is 0 Å². The van der Waals surface area contributed by atoms with Gasteiger partial charge in [-0.15, -0.1) is 11.6 Å². The van der Waals surface area contributed by atoms with Crippen LogP contribution in [0.25, 0.3) is 0 Å². The molecule has 0 fully saturated rings. The first-order chi connectivity index (χ1) is 15.3. The van der Waals surface area contributed by atoms with Gasteiger partial charge in [-0.05, 0) is 54.4 Å². The number of nitrogens with one attached hydrogen (secondary N) is 3. The minimum Gasteiger partial charge on any atom is -0.350 e. The summed E-state index contributed by atoms with van der Waals surface area (Å²) in [4.78, 5) is 24.0. The summed E-state index contributed by atoms with van der Waals surface area (Å²) >= 11 is 5.44. The fourth-order valence-corrected chi connectivity index (χ4v) is 2.96. The van der Waals surface area contributed by atoms with Crippen molar-refractivity contribution in [3.8, 4) is 0 Å². The molecule has 9 heteroatoms. The van der Waals surface area contributed by atoms with Crippen LogP contribution in [0, 0.1) is 24.4 Å². The summed E-state index contributed by atoms with van der Waals surface area (Å²) < 4.78 is 42.5. The van der Waals surface area contributed by atoms with Gasteiger partial charge in [0.25, 0.3) is 5.91 Å². The highest BCUT2D eigenvalue weighted by molar-refractivity contribution is 6.29. The number of hydrogen-bond donors (Lipinski definition) is 3. The highest BCUT2D eigenvalue weighted by atomic mass is 35.5. The third-order valence-electron chi connectivity index (χ3n) is 4.54. The maximum absolute atomic E-state index is 14.5. The van der Waals surface area contributed by atoms with E-state index in [0.29, 0.717) is 16.8 Å². The number of carbonyl (C=O) groups is 2. The average molecular weight is 462 g/mol. The van der Waals surface area contributed by atoms with Crippen LogP contribution in [-0.2, 0) is 11.3 Å². The minimum atomic E-state index is -1.29. The number of amides is 2. The van der Waals surface area contributed by atoms with Gasteiger partial charge in [-0.3, -0.25) is 9.59 Å². The Morgan fingerprint density at radius 3 is 2.31 bits per heavy atom. The van der Waals surface area contributed by atoms with Crippen molar-refractivity contribution in [3.05, 3.63) is 88.7 Å². The number of anilines is 3. The second-order valence-corrected chi connectivity index (χ2v) is 7.22. The predicted molar refractivity (Wildman–Crippen MR) is 118 cm³/mol. The van der Waals surface area contributed by atoms with E-state index < -0.39 is 29.0 Å². The van der Waals surface area contributed by atoms with Crippen molar-refractivity contribution in [2.45, 2.75) is 13.5 Å². The maximum Gasteiger partial charge on any atom is 0.253 e. The molecule has 0 radical (unpaired) electrons. The standard InChI is InChI=1S/C23H19ClF3N3O2/c1-13-2-9-19(18(26)10-13)30-22-16(7-8-17(25)21(22)27)23(32)28-12-14-3-5-15(6-4-14)29-20(31)11-24/h2-10,30H,11-12H2,1H3,(H,28,32)(H,29,31). The van der Waals surface area contributed by atoms with Crippen LogP contribution < -0.4 is 16.0 Å². The van der Waals surface area contributed by atoms with Crippen LogP contribution >= 0.6 is 11.6 Å². The summed E-state index contributed by atoms with van der Waals surface area (Å²) in [6.45, 7) is 1.77. The van der Waals surface area contributed by atoms with Crippen LogP contribution in [0.5, 0.6) is 0 Å². The lowest BCUT2D eigenvalue weighted by molar-refractivity contribution is -0.113. The fraction of sp³-hybridized carbons (Fsp3) is 0.130. The van der Waals surface area contributed by atoms with Gasteiger partial charge in [0, 0.05) is 12.2 Å². The zero-order chi connectivity index (χ0) is 23.3. The Hall–Kier alpha value is -3.52. The van der Waals surface area contributed by atoms with E-state index in [4.69, 9.17) is 11.6 Å². The van der Waals surface area contributed by atoms with Gasteiger partial charge >= 0.3 is 0 Å². The quantitative estimate of drug-likeness (QED) is 0.420. The zero-order valence-electron chi connectivity index (χ0n) is 16.9. The molecule has 3 aromatic carbocycles. The molecule has 3 rings (SSSR count). The summed E-state index contributed by atoms with van der Waals surface area (Å²) in [5, 5.41) is 7.68. The molecule has 0 aliphatic carbocycles. The third-order valence-corrected chi connectivity index (χ3v) is 4.78. The van der Waals surface area contributed by atoms with Crippen LogP contribution in [0.15, 0.2) is 54.6 Å². The molecule has 3 aromatic rings. The molecule has 0 saturated heterocycles. The molecule has 0 unspecified atom stereocenters. The maximum atomic E-state index is 14.5. The zero-order valence-corrected chi connectivity index (χ0v) is 17.7. The molecule has 0 spiro atoms. The van der Waals surface area contributed by atoms with E-state index in [2.05, 4.69) is 16.0 Å². The Bertz CT molecular complexity index is 1150. The summed E-state index contributed by atoms with van der Waals surface area (Å²) in [6.07, 6.45) is 0. The molecule has 0 bridgehead atoms. The molecular formula is C23H19ClF3N3O2. The lowest BCUT2D eigenvalue weighted by Gasteiger charge is -2.15. The van der Waals surface area contributed by atoms with E-state index in [-0.39, 0.29) is 29.6 Å². The number of aryl methyl sites for hydroxylation is 1. The van der Waals surface area contributed by atoms with Gasteiger partial charge in [0.15, 0.2) is 11.6 Å². The first-order valence-corrected chi connectivity index (χ1v) is 10.1. The predicted octanol–water partition coefficient (Wildman–Crippen LogP) is 5.26. The largest absolute Gasteiger partial charge is 0.350 e. The smallest absolute Gasteiger partial charge is 0.253 e. The average Bonchev–Trinajstić information content (AvgIpc) is 2.77. The molecule has 3 N–H and O–H groups in total. The highest BCUT2D eigenvalue weighted by Gasteiger charge is 2.20. The summed E-state index contributed by atoms with van der Waals surface area (Å²) in [5.74, 6) is -4.34. The van der Waals surface area contributed by atoms with Crippen molar-refractivity contribution in [2.24, 2.45) is 0 Å². The number of hydrogen-bond acceptors (Lipinski definition) is 3. The highest BCUT2D eigenvalue weighted by Crippen LogP contribution is 2.28. The van der Waals surface area contributed by atoms with E-state index in [1.807, 2.05) is 0 Å². The van der Waals surface area contributed by atoms with Gasteiger partial charge in [-0.25, -0.2) is 13.2 Å². The van der Waals surface area contributed by atoms with Gasteiger partial charge in [0.2, 0.25) is 5.91 Å². The summed E-state index contributed by atoms with van der Waals surface area (Å²) in [5.41, 5.74) is 1.14.